The number of nitrogens with one attached hydrogen (secondary N) is 2. The number of aromatic nitrogens is 4. The van der Waals surface area contributed by atoms with Gasteiger partial charge in [0.05, 0.1) is 5.75 Å². The van der Waals surface area contributed by atoms with Crippen molar-refractivity contribution in [2.24, 2.45) is 0 Å². The normalized spacial score (nSPS) is 10.5. The highest BCUT2D eigenvalue weighted by Crippen LogP contribution is 2.25. The van der Waals surface area contributed by atoms with Gasteiger partial charge in [-0.05, 0) is 19.1 Å². The zero-order valence-electron chi connectivity index (χ0n) is 12.7. The van der Waals surface area contributed by atoms with Crippen molar-refractivity contribution in [3.05, 3.63) is 30.3 Å². The Balaban J connectivity index is 1.52. The van der Waals surface area contributed by atoms with Crippen molar-refractivity contribution in [2.45, 2.75) is 11.3 Å². The molecule has 10 heteroatoms. The fourth-order valence-electron chi connectivity index (χ4n) is 1.74. The van der Waals surface area contributed by atoms with Crippen LogP contribution in [0.25, 0.3) is 11.5 Å². The molecular weight excluding hydrogens is 348 g/mol. The molecule has 0 bridgehead atoms. The molecule has 0 spiro atoms. The van der Waals surface area contributed by atoms with E-state index >= 15 is 0 Å². The summed E-state index contributed by atoms with van der Waals surface area (Å²) in [5.41, 5.74) is 0.796. The van der Waals surface area contributed by atoms with Gasteiger partial charge in [0.15, 0.2) is 4.34 Å². The Bertz CT molecular complexity index is 804. The van der Waals surface area contributed by atoms with Gasteiger partial charge < -0.3 is 9.73 Å². The molecular formula is C14H14N6O2S2. The first-order valence-corrected chi connectivity index (χ1v) is 8.93. The Morgan fingerprint density at radius 3 is 2.83 bits per heavy atom. The van der Waals surface area contributed by atoms with Gasteiger partial charge in [-0.3, -0.25) is 10.1 Å². The lowest BCUT2D eigenvalue weighted by atomic mass is 10.2. The highest BCUT2D eigenvalue weighted by molar-refractivity contribution is 8.01. The van der Waals surface area contributed by atoms with Crippen molar-refractivity contribution < 1.29 is 9.21 Å². The molecule has 0 fully saturated rings. The zero-order valence-corrected chi connectivity index (χ0v) is 14.4. The molecule has 124 valence electrons. The molecule has 3 aromatic rings. The fraction of sp³-hybridized carbons (Fsp3) is 0.214. The van der Waals surface area contributed by atoms with Crippen LogP contribution in [0.2, 0.25) is 0 Å². The van der Waals surface area contributed by atoms with E-state index < -0.39 is 0 Å². The lowest BCUT2D eigenvalue weighted by Crippen LogP contribution is -2.14. The third kappa shape index (κ3) is 4.30. The molecule has 0 unspecified atom stereocenters. The van der Waals surface area contributed by atoms with Crippen LogP contribution in [0.3, 0.4) is 0 Å². The highest BCUT2D eigenvalue weighted by Gasteiger charge is 2.12. The Labute approximate surface area is 146 Å². The maximum absolute atomic E-state index is 11.9. The zero-order chi connectivity index (χ0) is 16.8. The van der Waals surface area contributed by atoms with Gasteiger partial charge in [0.2, 0.25) is 16.9 Å². The molecule has 0 aliphatic carbocycles. The third-order valence-electron chi connectivity index (χ3n) is 2.75. The molecule has 1 amide bonds. The number of carbonyl (C=O) groups is 1. The summed E-state index contributed by atoms with van der Waals surface area (Å²) in [5, 5.41) is 22.1. The van der Waals surface area contributed by atoms with Gasteiger partial charge in [-0.2, -0.15) is 0 Å². The smallest absolute Gasteiger partial charge is 0.322 e. The number of hydrogen-bond acceptors (Lipinski definition) is 9. The van der Waals surface area contributed by atoms with Crippen LogP contribution in [-0.2, 0) is 4.79 Å². The van der Waals surface area contributed by atoms with Crippen LogP contribution in [0.15, 0.2) is 39.1 Å². The monoisotopic (exact) mass is 362 g/mol. The Hall–Kier alpha value is -2.46. The topological polar surface area (TPSA) is 106 Å². The molecule has 0 radical (unpaired) electrons. The molecule has 0 atom stereocenters. The van der Waals surface area contributed by atoms with E-state index in [0.29, 0.717) is 5.89 Å². The van der Waals surface area contributed by atoms with Crippen LogP contribution in [0.4, 0.5) is 11.1 Å². The Morgan fingerprint density at radius 1 is 1.21 bits per heavy atom. The average molecular weight is 362 g/mol. The molecule has 2 N–H and O–H groups in total. The lowest BCUT2D eigenvalue weighted by Gasteiger charge is -1.98. The van der Waals surface area contributed by atoms with E-state index in [1.54, 1.807) is 0 Å². The minimum absolute atomic E-state index is 0.0741. The van der Waals surface area contributed by atoms with Crippen molar-refractivity contribution in [1.29, 1.82) is 0 Å². The summed E-state index contributed by atoms with van der Waals surface area (Å²) in [5.74, 6) is 0.297. The van der Waals surface area contributed by atoms with Crippen LogP contribution in [0, 0.1) is 0 Å². The van der Waals surface area contributed by atoms with E-state index in [-0.39, 0.29) is 17.7 Å². The number of thioether (sulfide) groups is 1. The van der Waals surface area contributed by atoms with Gasteiger partial charge in [-0.15, -0.1) is 15.3 Å². The number of amides is 1. The Morgan fingerprint density at radius 2 is 2.04 bits per heavy atom. The van der Waals surface area contributed by atoms with Crippen molar-refractivity contribution in [1.82, 2.24) is 20.4 Å². The van der Waals surface area contributed by atoms with Crippen LogP contribution in [-0.4, -0.2) is 38.6 Å². The molecule has 0 aliphatic heterocycles. The number of anilines is 2. The van der Waals surface area contributed by atoms with E-state index in [1.165, 1.54) is 23.1 Å². The molecule has 0 aliphatic rings. The van der Waals surface area contributed by atoms with Gasteiger partial charge >= 0.3 is 6.01 Å². The second kappa shape index (κ2) is 7.88. The first-order valence-electron chi connectivity index (χ1n) is 7.13. The van der Waals surface area contributed by atoms with Gasteiger partial charge in [0.25, 0.3) is 0 Å². The average Bonchev–Trinajstić information content (AvgIpc) is 3.24. The summed E-state index contributed by atoms with van der Waals surface area (Å²) in [4.78, 5) is 11.9. The van der Waals surface area contributed by atoms with Gasteiger partial charge in [-0.1, -0.05) is 46.4 Å². The quantitative estimate of drug-likeness (QED) is 0.618. The summed E-state index contributed by atoms with van der Waals surface area (Å²) in [7, 11) is 0. The summed E-state index contributed by atoms with van der Waals surface area (Å²) >= 11 is 2.71. The number of carbonyl (C=O) groups excluding carboxylic acids is 1. The van der Waals surface area contributed by atoms with Crippen LogP contribution in [0.5, 0.6) is 0 Å². The highest BCUT2D eigenvalue weighted by atomic mass is 32.2. The first-order chi connectivity index (χ1) is 11.7. The number of rotatable bonds is 7. The van der Waals surface area contributed by atoms with E-state index in [0.717, 1.165) is 21.6 Å². The predicted molar refractivity (Wildman–Crippen MR) is 93.2 cm³/mol. The fourth-order valence-corrected chi connectivity index (χ4v) is 3.36. The first kappa shape index (κ1) is 16.4. The van der Waals surface area contributed by atoms with Gasteiger partial charge in [0, 0.05) is 12.1 Å². The molecule has 3 rings (SSSR count). The van der Waals surface area contributed by atoms with Gasteiger partial charge in [0.1, 0.15) is 0 Å². The molecule has 2 aromatic heterocycles. The van der Waals surface area contributed by atoms with Crippen molar-refractivity contribution in [3.8, 4) is 11.5 Å². The molecule has 0 saturated carbocycles. The predicted octanol–water partition coefficient (Wildman–Crippen LogP) is 2.75. The molecule has 0 saturated heterocycles. The minimum Gasteiger partial charge on any atom is -0.403 e. The van der Waals surface area contributed by atoms with Crippen LogP contribution in [0.1, 0.15) is 6.92 Å². The van der Waals surface area contributed by atoms with Crippen LogP contribution >= 0.6 is 23.1 Å². The third-order valence-corrected chi connectivity index (χ3v) is 4.77. The molecule has 24 heavy (non-hydrogen) atoms. The molecule has 2 heterocycles. The molecule has 8 nitrogen and oxygen atoms in total. The summed E-state index contributed by atoms with van der Waals surface area (Å²) < 4.78 is 6.15. The minimum atomic E-state index is -0.247. The lowest BCUT2D eigenvalue weighted by molar-refractivity contribution is -0.113. The van der Waals surface area contributed by atoms with E-state index in [1.807, 2.05) is 37.3 Å². The SMILES string of the molecule is CCNc1nnc(SCC(=O)Nc2nnc(-c3ccccc3)o2)s1. The summed E-state index contributed by atoms with van der Waals surface area (Å²) in [6.45, 7) is 2.76. The largest absolute Gasteiger partial charge is 0.403 e. The second-order valence-electron chi connectivity index (χ2n) is 4.52. The summed E-state index contributed by atoms with van der Waals surface area (Å²) in [6, 6.07) is 9.43. The molecule has 1 aromatic carbocycles. The number of hydrogen-bond donors (Lipinski definition) is 2. The van der Waals surface area contributed by atoms with Crippen molar-refractivity contribution in [2.75, 3.05) is 22.9 Å². The van der Waals surface area contributed by atoms with Gasteiger partial charge in [-0.25, -0.2) is 0 Å². The van der Waals surface area contributed by atoms with E-state index in [4.69, 9.17) is 4.42 Å². The summed E-state index contributed by atoms with van der Waals surface area (Å²) in [6.07, 6.45) is 0. The van der Waals surface area contributed by atoms with Crippen molar-refractivity contribution >= 4 is 40.2 Å². The standard InChI is InChI=1S/C14H14N6O2S2/c1-2-15-13-19-20-14(24-13)23-8-10(21)16-12-18-17-11(22-12)9-6-4-3-5-7-9/h3-7H,2,8H2,1H3,(H,15,19)(H,16,18,21). The maximum Gasteiger partial charge on any atom is 0.322 e. The van der Waals surface area contributed by atoms with E-state index in [9.17, 15) is 4.79 Å². The number of nitrogens with zero attached hydrogens (tertiary/aromatic N) is 4. The second-order valence-corrected chi connectivity index (χ2v) is 6.72. The maximum atomic E-state index is 11.9. The number of benzene rings is 1. The Kier molecular flexibility index (Phi) is 5.39. The van der Waals surface area contributed by atoms with E-state index in [2.05, 4.69) is 31.0 Å². The van der Waals surface area contributed by atoms with Crippen LogP contribution < -0.4 is 10.6 Å². The van der Waals surface area contributed by atoms with Crippen molar-refractivity contribution in [3.63, 3.8) is 0 Å².